The van der Waals surface area contributed by atoms with Crippen molar-refractivity contribution in [3.63, 3.8) is 0 Å². The van der Waals surface area contributed by atoms with Gasteiger partial charge >= 0.3 is 0 Å². The molecule has 0 aromatic rings. The summed E-state index contributed by atoms with van der Waals surface area (Å²) in [5.74, 6) is 0.466. The van der Waals surface area contributed by atoms with E-state index in [1.165, 1.54) is 0 Å². The smallest absolute Gasteiger partial charge is 0.136 e. The Morgan fingerprint density at radius 2 is 2.40 bits per heavy atom. The fourth-order valence-corrected chi connectivity index (χ4v) is 1.64. The molecule has 2 nitrogen and oxygen atoms in total. The molecule has 0 heterocycles. The third-order valence-electron chi connectivity index (χ3n) is 2.33. The van der Waals surface area contributed by atoms with Gasteiger partial charge in [-0.2, -0.15) is 0 Å². The fourth-order valence-electron chi connectivity index (χ4n) is 1.64. The molecule has 1 N–H and O–H groups in total. The summed E-state index contributed by atoms with van der Waals surface area (Å²) in [7, 11) is 0. The van der Waals surface area contributed by atoms with E-state index >= 15 is 0 Å². The number of Topliss-reactive ketones (excluding diaryl/α,β-unsaturated/α-hetero) is 1. The molecule has 58 valence electrons. The van der Waals surface area contributed by atoms with Crippen molar-refractivity contribution in [3.05, 3.63) is 0 Å². The third-order valence-corrected chi connectivity index (χ3v) is 2.33. The first-order valence-electron chi connectivity index (χ1n) is 3.71. The van der Waals surface area contributed by atoms with Crippen molar-refractivity contribution in [2.75, 3.05) is 6.61 Å². The quantitative estimate of drug-likeness (QED) is 0.592. The number of hydrogen-bond acceptors (Lipinski definition) is 2. The van der Waals surface area contributed by atoms with Crippen LogP contribution in [0.5, 0.6) is 0 Å². The minimum absolute atomic E-state index is 0.115. The molecule has 0 aromatic heterocycles. The second-order valence-electron chi connectivity index (χ2n) is 3.72. The van der Waals surface area contributed by atoms with Gasteiger partial charge in [0.05, 0.1) is 0 Å². The summed E-state index contributed by atoms with van der Waals surface area (Å²) in [5.41, 5.74) is -0.115. The van der Waals surface area contributed by atoms with Crippen LogP contribution in [-0.4, -0.2) is 17.5 Å². The zero-order valence-corrected chi connectivity index (χ0v) is 6.55. The minimum atomic E-state index is -0.115. The number of carbonyl (C=O) groups excluding carboxylic acids is 1. The van der Waals surface area contributed by atoms with Crippen LogP contribution in [0.15, 0.2) is 0 Å². The average Bonchev–Trinajstić information content (AvgIpc) is 2.10. The van der Waals surface area contributed by atoms with Crippen LogP contribution < -0.4 is 0 Å². The van der Waals surface area contributed by atoms with Gasteiger partial charge in [-0.15, -0.1) is 0 Å². The van der Waals surface area contributed by atoms with Gasteiger partial charge in [0.2, 0.25) is 0 Å². The molecule has 1 aliphatic rings. The molecular formula is C8H14O2. The molecule has 1 rings (SSSR count). The van der Waals surface area contributed by atoms with E-state index in [0.29, 0.717) is 12.2 Å². The zero-order valence-electron chi connectivity index (χ0n) is 6.55. The van der Waals surface area contributed by atoms with Crippen molar-refractivity contribution >= 4 is 5.78 Å². The van der Waals surface area contributed by atoms with Crippen LogP contribution in [0.2, 0.25) is 0 Å². The zero-order chi connectivity index (χ0) is 7.78. The Bertz CT molecular complexity index is 153. The lowest BCUT2D eigenvalue weighted by Crippen LogP contribution is -2.16. The Morgan fingerprint density at radius 3 is 2.60 bits per heavy atom. The Morgan fingerprint density at radius 1 is 1.80 bits per heavy atom. The van der Waals surface area contributed by atoms with Crippen molar-refractivity contribution < 1.29 is 9.90 Å². The van der Waals surface area contributed by atoms with Gasteiger partial charge in [0.1, 0.15) is 5.78 Å². The second-order valence-corrected chi connectivity index (χ2v) is 3.72. The van der Waals surface area contributed by atoms with E-state index in [9.17, 15) is 4.79 Å². The second kappa shape index (κ2) is 2.35. The molecule has 0 bridgehead atoms. The number of aliphatic hydroxyl groups is 1. The molecule has 1 fully saturated rings. The molecule has 1 aliphatic carbocycles. The fraction of sp³-hybridized carbons (Fsp3) is 0.875. The molecule has 0 aliphatic heterocycles. The van der Waals surface area contributed by atoms with Gasteiger partial charge in [0.25, 0.3) is 0 Å². The molecule has 0 amide bonds. The van der Waals surface area contributed by atoms with Gasteiger partial charge in [-0.25, -0.2) is 0 Å². The largest absolute Gasteiger partial charge is 0.396 e. The van der Waals surface area contributed by atoms with Gasteiger partial charge in [-0.05, 0) is 11.8 Å². The lowest BCUT2D eigenvalue weighted by atomic mass is 9.89. The summed E-state index contributed by atoms with van der Waals surface area (Å²) in [6.45, 7) is 4.04. The molecular weight excluding hydrogens is 128 g/mol. The van der Waals surface area contributed by atoms with E-state index in [2.05, 4.69) is 0 Å². The summed E-state index contributed by atoms with van der Waals surface area (Å²) in [6.07, 6.45) is 1.41. The van der Waals surface area contributed by atoms with Gasteiger partial charge < -0.3 is 5.11 Å². The van der Waals surface area contributed by atoms with Gasteiger partial charge in [-0.3, -0.25) is 4.79 Å². The van der Waals surface area contributed by atoms with Crippen LogP contribution in [0.3, 0.4) is 0 Å². The molecule has 2 atom stereocenters. The Hall–Kier alpha value is -0.370. The Labute approximate surface area is 61.2 Å². The van der Waals surface area contributed by atoms with E-state index in [-0.39, 0.29) is 17.9 Å². The third kappa shape index (κ3) is 1.21. The van der Waals surface area contributed by atoms with Crippen LogP contribution in [0.1, 0.15) is 26.7 Å². The molecule has 0 spiro atoms. The molecule has 1 saturated carbocycles. The maximum atomic E-state index is 11.0. The van der Waals surface area contributed by atoms with Gasteiger partial charge in [0, 0.05) is 18.9 Å². The van der Waals surface area contributed by atoms with Gasteiger partial charge in [-0.1, -0.05) is 13.8 Å². The van der Waals surface area contributed by atoms with Crippen molar-refractivity contribution in [2.24, 2.45) is 11.3 Å². The summed E-state index contributed by atoms with van der Waals surface area (Å²) < 4.78 is 0. The number of ketones is 1. The first-order chi connectivity index (χ1) is 4.57. The van der Waals surface area contributed by atoms with E-state index in [1.807, 2.05) is 13.8 Å². The van der Waals surface area contributed by atoms with Gasteiger partial charge in [0.15, 0.2) is 0 Å². The highest BCUT2D eigenvalue weighted by atomic mass is 16.3. The summed E-state index contributed by atoms with van der Waals surface area (Å²) in [6, 6.07) is 0. The van der Waals surface area contributed by atoms with Crippen LogP contribution >= 0.6 is 0 Å². The number of carbonyl (C=O) groups is 1. The van der Waals surface area contributed by atoms with Crippen LogP contribution in [0.25, 0.3) is 0 Å². The highest BCUT2D eigenvalue weighted by molar-refractivity contribution is 5.83. The monoisotopic (exact) mass is 142 g/mol. The van der Waals surface area contributed by atoms with Crippen molar-refractivity contribution in [2.45, 2.75) is 26.7 Å². The van der Waals surface area contributed by atoms with E-state index in [4.69, 9.17) is 5.11 Å². The average molecular weight is 142 g/mol. The summed E-state index contributed by atoms with van der Waals surface area (Å²) in [4.78, 5) is 11.0. The molecule has 0 saturated heterocycles. The molecule has 0 unspecified atom stereocenters. The first kappa shape index (κ1) is 7.73. The predicted molar refractivity (Wildman–Crippen MR) is 38.6 cm³/mol. The topological polar surface area (TPSA) is 37.3 Å². The number of rotatable bonds is 1. The normalized spacial score (nSPS) is 40.7. The SMILES string of the molecule is C[C@H]1C[C@@](C)(CO)CC1=O. The Balaban J connectivity index is 2.64. The van der Waals surface area contributed by atoms with Crippen LogP contribution in [-0.2, 0) is 4.79 Å². The number of hydrogen-bond donors (Lipinski definition) is 1. The predicted octanol–water partition coefficient (Wildman–Crippen LogP) is 0.984. The maximum Gasteiger partial charge on any atom is 0.136 e. The molecule has 0 aromatic carbocycles. The first-order valence-corrected chi connectivity index (χ1v) is 3.71. The van der Waals surface area contributed by atoms with E-state index < -0.39 is 0 Å². The molecule has 10 heavy (non-hydrogen) atoms. The Kier molecular flexibility index (Phi) is 1.82. The number of aliphatic hydroxyl groups excluding tert-OH is 1. The summed E-state index contributed by atoms with van der Waals surface area (Å²) in [5, 5.41) is 8.91. The van der Waals surface area contributed by atoms with E-state index in [1.54, 1.807) is 0 Å². The van der Waals surface area contributed by atoms with Crippen molar-refractivity contribution in [1.82, 2.24) is 0 Å². The lowest BCUT2D eigenvalue weighted by molar-refractivity contribution is -0.120. The van der Waals surface area contributed by atoms with Crippen molar-refractivity contribution in [3.8, 4) is 0 Å². The molecule has 0 radical (unpaired) electrons. The van der Waals surface area contributed by atoms with Crippen molar-refractivity contribution in [1.29, 1.82) is 0 Å². The maximum absolute atomic E-state index is 11.0. The lowest BCUT2D eigenvalue weighted by Gasteiger charge is -2.18. The van der Waals surface area contributed by atoms with Crippen LogP contribution in [0, 0.1) is 11.3 Å². The van der Waals surface area contributed by atoms with E-state index in [0.717, 1.165) is 6.42 Å². The van der Waals surface area contributed by atoms with Crippen LogP contribution in [0.4, 0.5) is 0 Å². The minimum Gasteiger partial charge on any atom is -0.396 e. The highest BCUT2D eigenvalue weighted by Gasteiger charge is 2.38. The standard InChI is InChI=1S/C8H14O2/c1-6-3-8(2,5-9)4-7(6)10/h6,9H,3-5H2,1-2H3/t6-,8+/m0/s1. The molecule has 2 heteroatoms. The summed E-state index contributed by atoms with van der Waals surface area (Å²) >= 11 is 0. The highest BCUT2D eigenvalue weighted by Crippen LogP contribution is 2.37.